The maximum atomic E-state index is 13.1. The van der Waals surface area contributed by atoms with E-state index >= 15 is 0 Å². The molecule has 139 valence electrons. The van der Waals surface area contributed by atoms with Crippen LogP contribution in [0.3, 0.4) is 0 Å². The smallest absolute Gasteiger partial charge is 0.255 e. The van der Waals surface area contributed by atoms with E-state index in [0.29, 0.717) is 24.3 Å². The minimum absolute atomic E-state index is 0.0643. The quantitative estimate of drug-likeness (QED) is 0.513. The maximum absolute atomic E-state index is 13.1. The summed E-state index contributed by atoms with van der Waals surface area (Å²) in [5.74, 6) is 2.24. The minimum Gasteiger partial charge on any atom is -0.454 e. The summed E-state index contributed by atoms with van der Waals surface area (Å²) in [6, 6.07) is 5.84. The van der Waals surface area contributed by atoms with E-state index < -0.39 is 0 Å². The maximum Gasteiger partial charge on any atom is 0.255 e. The molecule has 1 aliphatic carbocycles. The number of benzene rings is 1. The molecule has 6 rings (SSSR count). The van der Waals surface area contributed by atoms with E-state index in [0.717, 1.165) is 50.6 Å². The molecule has 28 heavy (non-hydrogen) atoms. The first kappa shape index (κ1) is 15.9. The molecule has 0 spiro atoms. The summed E-state index contributed by atoms with van der Waals surface area (Å²) in [5, 5.41) is 1.01. The Kier molecular flexibility index (Phi) is 2.96. The molecule has 3 aliphatic rings. The van der Waals surface area contributed by atoms with E-state index in [1.54, 1.807) is 4.57 Å². The highest BCUT2D eigenvalue weighted by Crippen LogP contribution is 2.42. The first-order chi connectivity index (χ1) is 13.6. The van der Waals surface area contributed by atoms with Crippen molar-refractivity contribution in [3.63, 3.8) is 0 Å². The lowest BCUT2D eigenvalue weighted by molar-refractivity contribution is -0.115. The Morgan fingerprint density at radius 2 is 1.89 bits per heavy atom. The number of hydrogen-bond donors (Lipinski definition) is 0. The Bertz CT molecular complexity index is 1290. The van der Waals surface area contributed by atoms with Gasteiger partial charge in [0.25, 0.3) is 5.56 Å². The second-order valence-corrected chi connectivity index (χ2v) is 7.53. The summed E-state index contributed by atoms with van der Waals surface area (Å²) in [6.45, 7) is 4.72. The van der Waals surface area contributed by atoms with Crippen LogP contribution in [-0.4, -0.2) is 22.1 Å². The van der Waals surface area contributed by atoms with E-state index in [2.05, 4.69) is 6.92 Å². The fraction of sp³-hybridized carbons (Fsp3) is 0.273. The molecule has 0 unspecified atom stereocenters. The Balaban J connectivity index is 1.63. The number of carbonyl (C=O) groups is 1. The fourth-order valence-corrected chi connectivity index (χ4v) is 4.70. The molecule has 0 amide bonds. The van der Waals surface area contributed by atoms with Gasteiger partial charge in [-0.3, -0.25) is 9.59 Å². The first-order valence-electron chi connectivity index (χ1n) is 9.46. The molecule has 0 saturated carbocycles. The minimum atomic E-state index is -0.0695. The van der Waals surface area contributed by atoms with E-state index in [-0.39, 0.29) is 24.6 Å². The first-order valence-corrected chi connectivity index (χ1v) is 9.46. The number of fused-ring (bicyclic) bond motifs is 6. The van der Waals surface area contributed by atoms with Crippen LogP contribution in [0.25, 0.3) is 22.3 Å². The standard InChI is InChI=1S/C22H17N2O4/c1-3-11-13-4-17-21-15(8-24(17)22(26)14(13)5-18(11)25)10(2)12-6-19-20(28-9-27-19)7-16(12)23-21/h4,6-7H,3,5,8-9H2,1-2H3. The fourth-order valence-electron chi connectivity index (χ4n) is 4.70. The van der Waals surface area contributed by atoms with Gasteiger partial charge in [-0.25, -0.2) is 4.98 Å². The van der Waals surface area contributed by atoms with Gasteiger partial charge in [-0.15, -0.1) is 0 Å². The molecule has 3 aromatic rings. The summed E-state index contributed by atoms with van der Waals surface area (Å²) in [5.41, 5.74) is 5.94. The zero-order valence-electron chi connectivity index (χ0n) is 15.6. The largest absolute Gasteiger partial charge is 0.454 e. The van der Waals surface area contributed by atoms with Gasteiger partial charge in [0.15, 0.2) is 11.5 Å². The molecule has 2 aromatic heterocycles. The summed E-state index contributed by atoms with van der Waals surface area (Å²) >= 11 is 0. The summed E-state index contributed by atoms with van der Waals surface area (Å²) in [7, 11) is 0. The van der Waals surface area contributed by atoms with Crippen LogP contribution in [0.5, 0.6) is 11.5 Å². The average Bonchev–Trinajstić information content (AvgIpc) is 3.36. The van der Waals surface area contributed by atoms with Crippen LogP contribution in [0.1, 0.15) is 35.6 Å². The lowest BCUT2D eigenvalue weighted by Gasteiger charge is -2.10. The predicted molar refractivity (Wildman–Crippen MR) is 103 cm³/mol. The van der Waals surface area contributed by atoms with Crippen LogP contribution in [-0.2, 0) is 17.8 Å². The number of nitrogens with zero attached hydrogens (tertiary/aromatic N) is 2. The van der Waals surface area contributed by atoms with Crippen LogP contribution in [0, 0.1) is 12.8 Å². The predicted octanol–water partition coefficient (Wildman–Crippen LogP) is 2.92. The molecular formula is C22H17N2O4. The number of Topliss-reactive ketones (excluding diaryl/α,β-unsaturated/α-hetero) is 1. The number of carbonyl (C=O) groups excluding carboxylic acids is 1. The molecule has 0 atom stereocenters. The third-order valence-electron chi connectivity index (χ3n) is 6.18. The molecule has 0 fully saturated rings. The van der Waals surface area contributed by atoms with Crippen molar-refractivity contribution in [1.82, 2.24) is 9.55 Å². The molecule has 1 aromatic carbocycles. The number of ketones is 1. The van der Waals surface area contributed by atoms with E-state index in [1.165, 1.54) is 0 Å². The summed E-state index contributed by atoms with van der Waals surface area (Å²) < 4.78 is 12.8. The Hall–Kier alpha value is -3.15. The zero-order chi connectivity index (χ0) is 19.2. The molecule has 0 saturated heterocycles. The SMILES string of the molecule is CC[C]1C(=O)Cc2c1cc1n(c2=O)Cc2c-1nc1cc3c(cc1c2C)OCO3. The Morgan fingerprint density at radius 3 is 2.68 bits per heavy atom. The normalized spacial score (nSPS) is 16.6. The van der Waals surface area contributed by atoms with Crippen molar-refractivity contribution in [2.24, 2.45) is 0 Å². The van der Waals surface area contributed by atoms with Crippen LogP contribution in [0.15, 0.2) is 23.0 Å². The number of pyridine rings is 2. The highest BCUT2D eigenvalue weighted by atomic mass is 16.7. The molecule has 0 N–H and O–H groups in total. The van der Waals surface area contributed by atoms with Crippen molar-refractivity contribution in [2.75, 3.05) is 6.79 Å². The van der Waals surface area contributed by atoms with Gasteiger partial charge >= 0.3 is 0 Å². The number of aromatic nitrogens is 2. The van der Waals surface area contributed by atoms with Crippen molar-refractivity contribution in [3.05, 3.63) is 56.7 Å². The van der Waals surface area contributed by atoms with E-state index in [9.17, 15) is 9.59 Å². The average molecular weight is 373 g/mol. The zero-order valence-corrected chi connectivity index (χ0v) is 15.6. The number of ether oxygens (including phenoxy) is 2. The van der Waals surface area contributed by atoms with Gasteiger partial charge in [0.05, 0.1) is 29.4 Å². The van der Waals surface area contributed by atoms with Gasteiger partial charge in [0, 0.05) is 29.0 Å². The van der Waals surface area contributed by atoms with Crippen LogP contribution in [0.2, 0.25) is 0 Å². The third kappa shape index (κ3) is 1.85. The Morgan fingerprint density at radius 1 is 1.11 bits per heavy atom. The lowest BCUT2D eigenvalue weighted by atomic mass is 9.97. The Labute approximate surface area is 160 Å². The van der Waals surface area contributed by atoms with Crippen molar-refractivity contribution in [1.29, 1.82) is 0 Å². The highest BCUT2D eigenvalue weighted by Gasteiger charge is 2.36. The van der Waals surface area contributed by atoms with Crippen LogP contribution >= 0.6 is 0 Å². The lowest BCUT2D eigenvalue weighted by Crippen LogP contribution is -2.23. The van der Waals surface area contributed by atoms with Crippen LogP contribution < -0.4 is 15.0 Å². The molecule has 0 bridgehead atoms. The van der Waals surface area contributed by atoms with Gasteiger partial charge < -0.3 is 14.0 Å². The number of hydrogen-bond acceptors (Lipinski definition) is 5. The molecule has 6 nitrogen and oxygen atoms in total. The van der Waals surface area contributed by atoms with Crippen molar-refractivity contribution < 1.29 is 14.3 Å². The molecule has 6 heteroatoms. The van der Waals surface area contributed by atoms with Crippen molar-refractivity contribution >= 4 is 16.7 Å². The highest BCUT2D eigenvalue weighted by molar-refractivity contribution is 6.02. The topological polar surface area (TPSA) is 70.4 Å². The summed E-state index contributed by atoms with van der Waals surface area (Å²) in [4.78, 5) is 30.3. The van der Waals surface area contributed by atoms with Gasteiger partial charge in [-0.05, 0) is 36.6 Å². The molecule has 4 heterocycles. The van der Waals surface area contributed by atoms with E-state index in [4.69, 9.17) is 14.5 Å². The second kappa shape index (κ2) is 5.22. The van der Waals surface area contributed by atoms with Gasteiger partial charge in [-0.2, -0.15) is 0 Å². The van der Waals surface area contributed by atoms with Gasteiger partial charge in [0.2, 0.25) is 6.79 Å². The summed E-state index contributed by atoms with van der Waals surface area (Å²) in [6.07, 6.45) is 0.846. The van der Waals surface area contributed by atoms with Gasteiger partial charge in [-0.1, -0.05) is 6.92 Å². The van der Waals surface area contributed by atoms with Crippen molar-refractivity contribution in [3.8, 4) is 22.9 Å². The van der Waals surface area contributed by atoms with E-state index in [1.807, 2.05) is 25.1 Å². The third-order valence-corrected chi connectivity index (χ3v) is 6.18. The second-order valence-electron chi connectivity index (χ2n) is 7.53. The number of aryl methyl sites for hydroxylation is 1. The van der Waals surface area contributed by atoms with Gasteiger partial charge in [0.1, 0.15) is 5.78 Å². The number of rotatable bonds is 1. The molecule has 2 aliphatic heterocycles. The molecular weight excluding hydrogens is 356 g/mol. The van der Waals surface area contributed by atoms with Crippen molar-refractivity contribution in [2.45, 2.75) is 33.2 Å². The molecule has 1 radical (unpaired) electrons. The monoisotopic (exact) mass is 373 g/mol. The van der Waals surface area contributed by atoms with Crippen LogP contribution in [0.4, 0.5) is 0 Å².